The van der Waals surface area contributed by atoms with E-state index >= 15 is 0 Å². The van der Waals surface area contributed by atoms with Crippen molar-refractivity contribution in [3.05, 3.63) is 12.2 Å². The average Bonchev–Trinajstić information content (AvgIpc) is 2.36. The van der Waals surface area contributed by atoms with Gasteiger partial charge in [-0.25, -0.2) is 0 Å². The molecule has 0 saturated heterocycles. The summed E-state index contributed by atoms with van der Waals surface area (Å²) in [4.78, 5) is 33.6. The van der Waals surface area contributed by atoms with E-state index < -0.39 is 5.41 Å². The zero-order chi connectivity index (χ0) is 10.1. The van der Waals surface area contributed by atoms with Crippen LogP contribution >= 0.6 is 0 Å². The molecule has 13 heavy (non-hydrogen) atoms. The van der Waals surface area contributed by atoms with Gasteiger partial charge in [-0.1, -0.05) is 13.8 Å². The molecule has 1 radical (unpaired) electrons. The van der Waals surface area contributed by atoms with Crippen molar-refractivity contribution in [1.29, 1.82) is 0 Å². The van der Waals surface area contributed by atoms with Crippen LogP contribution in [0.25, 0.3) is 0 Å². The summed E-state index contributed by atoms with van der Waals surface area (Å²) in [6.07, 6.45) is 4.18. The summed E-state index contributed by atoms with van der Waals surface area (Å²) in [5, 5.41) is 0. The van der Waals surface area contributed by atoms with Gasteiger partial charge in [0.15, 0.2) is 0 Å². The number of imide groups is 1. The monoisotopic (exact) mass is 180 g/mol. The number of carbonyl (C=O) groups is 2. The third kappa shape index (κ3) is 2.02. The predicted octanol–water partition coefficient (Wildman–Crippen LogP) is 0.0473. The summed E-state index contributed by atoms with van der Waals surface area (Å²) in [5.41, 5.74) is -0.794. The molecule has 0 aromatic heterocycles. The summed E-state index contributed by atoms with van der Waals surface area (Å²) in [5.74, 6) is -0.735. The quantitative estimate of drug-likeness (QED) is 0.576. The molecule has 4 nitrogen and oxygen atoms in total. The SMILES string of the molecule is CC(C)([C]=O)CN1C(=O)C=CC1=O. The van der Waals surface area contributed by atoms with Crippen LogP contribution in [0.4, 0.5) is 0 Å². The summed E-state index contributed by atoms with van der Waals surface area (Å²) >= 11 is 0. The second-order valence-corrected chi connectivity index (χ2v) is 3.58. The number of carbonyl (C=O) groups excluding carboxylic acids is 3. The molecule has 4 heteroatoms. The molecule has 2 amide bonds. The van der Waals surface area contributed by atoms with Gasteiger partial charge in [0.05, 0.1) is 0 Å². The van der Waals surface area contributed by atoms with E-state index in [1.165, 1.54) is 12.2 Å². The number of hydrogen-bond acceptors (Lipinski definition) is 3. The maximum atomic E-state index is 11.1. The molecule has 0 aliphatic carbocycles. The molecular weight excluding hydrogens is 170 g/mol. The van der Waals surface area contributed by atoms with Gasteiger partial charge in [-0.05, 0) is 0 Å². The van der Waals surface area contributed by atoms with E-state index in [4.69, 9.17) is 0 Å². The first kappa shape index (κ1) is 9.64. The van der Waals surface area contributed by atoms with Crippen LogP contribution < -0.4 is 0 Å². The zero-order valence-corrected chi connectivity index (χ0v) is 7.53. The fraction of sp³-hybridized carbons (Fsp3) is 0.444. The van der Waals surface area contributed by atoms with Crippen molar-refractivity contribution in [1.82, 2.24) is 4.90 Å². The molecule has 0 bridgehead atoms. The van der Waals surface area contributed by atoms with Crippen LogP contribution in [0.15, 0.2) is 12.2 Å². The Bertz CT molecular complexity index is 273. The third-order valence-electron chi connectivity index (χ3n) is 1.73. The maximum absolute atomic E-state index is 11.1. The van der Waals surface area contributed by atoms with E-state index in [1.54, 1.807) is 20.1 Å². The van der Waals surface area contributed by atoms with Crippen molar-refractivity contribution in [2.24, 2.45) is 5.41 Å². The molecule has 0 fully saturated rings. The lowest BCUT2D eigenvalue weighted by molar-refractivity contribution is -0.137. The van der Waals surface area contributed by atoms with E-state index in [0.29, 0.717) is 0 Å². The summed E-state index contributed by atoms with van der Waals surface area (Å²) in [6.45, 7) is 3.33. The van der Waals surface area contributed by atoms with Crippen LogP contribution in [-0.2, 0) is 14.4 Å². The topological polar surface area (TPSA) is 54.5 Å². The molecule has 1 aliphatic rings. The minimum atomic E-state index is -0.794. The lowest BCUT2D eigenvalue weighted by Crippen LogP contribution is -2.39. The highest BCUT2D eigenvalue weighted by Crippen LogP contribution is 2.16. The Hall–Kier alpha value is -1.45. The van der Waals surface area contributed by atoms with E-state index in [2.05, 4.69) is 0 Å². The van der Waals surface area contributed by atoms with Gasteiger partial charge < -0.3 is 0 Å². The first-order valence-electron chi connectivity index (χ1n) is 3.89. The van der Waals surface area contributed by atoms with Crippen molar-refractivity contribution in [2.45, 2.75) is 13.8 Å². The van der Waals surface area contributed by atoms with Gasteiger partial charge in [-0.2, -0.15) is 0 Å². The molecule has 0 aromatic carbocycles. The van der Waals surface area contributed by atoms with E-state index in [-0.39, 0.29) is 18.4 Å². The summed E-state index contributed by atoms with van der Waals surface area (Å²) in [6, 6.07) is 0. The Kier molecular flexibility index (Phi) is 2.32. The molecule has 0 atom stereocenters. The minimum Gasteiger partial charge on any atom is -0.290 e. The molecule has 0 saturated carbocycles. The lowest BCUT2D eigenvalue weighted by atomic mass is 9.95. The van der Waals surface area contributed by atoms with Crippen molar-refractivity contribution < 1.29 is 14.4 Å². The highest BCUT2D eigenvalue weighted by atomic mass is 16.2. The predicted molar refractivity (Wildman–Crippen MR) is 45.3 cm³/mol. The second-order valence-electron chi connectivity index (χ2n) is 3.58. The molecule has 1 aliphatic heterocycles. The fourth-order valence-electron chi connectivity index (χ4n) is 1.01. The molecule has 1 heterocycles. The molecule has 0 spiro atoms. The van der Waals surface area contributed by atoms with E-state index in [0.717, 1.165) is 4.90 Å². The van der Waals surface area contributed by atoms with Gasteiger partial charge in [0, 0.05) is 24.1 Å². The largest absolute Gasteiger partial charge is 0.290 e. The van der Waals surface area contributed by atoms with Crippen LogP contribution in [0.5, 0.6) is 0 Å². The molecule has 1 rings (SSSR count). The van der Waals surface area contributed by atoms with Crippen LogP contribution in [-0.4, -0.2) is 29.5 Å². The zero-order valence-electron chi connectivity index (χ0n) is 7.53. The highest BCUT2D eigenvalue weighted by Gasteiger charge is 2.30. The van der Waals surface area contributed by atoms with E-state index in [1.807, 2.05) is 0 Å². The molecule has 0 unspecified atom stereocenters. The molecule has 0 aromatic rings. The molecule has 69 valence electrons. The van der Waals surface area contributed by atoms with Gasteiger partial charge in [-0.3, -0.25) is 19.3 Å². The maximum Gasteiger partial charge on any atom is 0.253 e. The summed E-state index contributed by atoms with van der Waals surface area (Å²) in [7, 11) is 0. The van der Waals surface area contributed by atoms with Gasteiger partial charge in [0.25, 0.3) is 11.8 Å². The number of hydrogen-bond donors (Lipinski definition) is 0. The van der Waals surface area contributed by atoms with E-state index in [9.17, 15) is 14.4 Å². The average molecular weight is 180 g/mol. The van der Waals surface area contributed by atoms with Crippen molar-refractivity contribution in [3.8, 4) is 0 Å². The smallest absolute Gasteiger partial charge is 0.253 e. The van der Waals surface area contributed by atoms with Crippen molar-refractivity contribution >= 4 is 18.1 Å². The summed E-state index contributed by atoms with van der Waals surface area (Å²) < 4.78 is 0. The Labute approximate surface area is 76.2 Å². The Morgan fingerprint density at radius 1 is 1.31 bits per heavy atom. The van der Waals surface area contributed by atoms with Crippen LogP contribution in [0.1, 0.15) is 13.8 Å². The van der Waals surface area contributed by atoms with Gasteiger partial charge >= 0.3 is 0 Å². The number of rotatable bonds is 3. The Morgan fingerprint density at radius 3 is 2.15 bits per heavy atom. The van der Waals surface area contributed by atoms with Crippen LogP contribution in [0, 0.1) is 5.41 Å². The first-order valence-corrected chi connectivity index (χ1v) is 3.89. The van der Waals surface area contributed by atoms with Crippen LogP contribution in [0.2, 0.25) is 0 Å². The fourth-order valence-corrected chi connectivity index (χ4v) is 1.01. The standard InChI is InChI=1S/C9H10NO3/c1-9(2,6-11)5-10-7(12)3-4-8(10)13/h3-4H,5H2,1-2H3. The third-order valence-corrected chi connectivity index (χ3v) is 1.73. The van der Waals surface area contributed by atoms with Gasteiger partial charge in [0.1, 0.15) is 0 Å². The van der Waals surface area contributed by atoms with Gasteiger partial charge in [-0.15, -0.1) is 0 Å². The molecule has 0 N–H and O–H groups in total. The second kappa shape index (κ2) is 3.12. The van der Waals surface area contributed by atoms with Crippen molar-refractivity contribution in [3.63, 3.8) is 0 Å². The number of amides is 2. The van der Waals surface area contributed by atoms with Gasteiger partial charge in [0.2, 0.25) is 6.29 Å². The minimum absolute atomic E-state index is 0.0845. The van der Waals surface area contributed by atoms with Crippen molar-refractivity contribution in [2.75, 3.05) is 6.54 Å². The Balaban J connectivity index is 2.70. The Morgan fingerprint density at radius 2 is 1.77 bits per heavy atom. The molecular formula is C9H10NO3. The number of nitrogens with zero attached hydrogens (tertiary/aromatic N) is 1. The highest BCUT2D eigenvalue weighted by molar-refractivity contribution is 6.13. The first-order chi connectivity index (χ1) is 5.96. The normalized spacial score (nSPS) is 16.9. The lowest BCUT2D eigenvalue weighted by Gasteiger charge is -2.22. The van der Waals surface area contributed by atoms with Crippen LogP contribution in [0.3, 0.4) is 0 Å².